The first-order chi connectivity index (χ1) is 19.5. The Kier molecular flexibility index (Phi) is 8.04. The predicted octanol–water partition coefficient (Wildman–Crippen LogP) is 3.13. The molecule has 218 valence electrons. The van der Waals surface area contributed by atoms with Crippen molar-refractivity contribution in [3.05, 3.63) is 62.5 Å². The van der Waals surface area contributed by atoms with Gasteiger partial charge in [-0.1, -0.05) is 17.7 Å². The van der Waals surface area contributed by atoms with Crippen LogP contribution in [0.2, 0.25) is 5.02 Å². The summed E-state index contributed by atoms with van der Waals surface area (Å²) < 4.78 is 19.4. The minimum atomic E-state index is -1.34. The Morgan fingerprint density at radius 3 is 2.73 bits per heavy atom. The maximum Gasteiger partial charge on any atom is 0.338 e. The molecule has 41 heavy (non-hydrogen) atoms. The second-order valence-corrected chi connectivity index (χ2v) is 11.8. The highest BCUT2D eigenvalue weighted by molar-refractivity contribution is 7.11. The normalized spacial score (nSPS) is 21.5. The van der Waals surface area contributed by atoms with Crippen LogP contribution in [0.1, 0.15) is 37.4 Å². The monoisotopic (exact) mass is 604 g/mol. The van der Waals surface area contributed by atoms with Gasteiger partial charge in [-0.2, -0.15) is 0 Å². The summed E-state index contributed by atoms with van der Waals surface area (Å²) in [6.07, 6.45) is 1.65. The number of nitrogens with zero attached hydrogens (tertiary/aromatic N) is 5. The van der Waals surface area contributed by atoms with Crippen LogP contribution in [-0.4, -0.2) is 99.5 Å². The number of esters is 1. The number of amidine groups is 1. The molecule has 1 aromatic heterocycles. The van der Waals surface area contributed by atoms with Crippen LogP contribution < -0.4 is 5.32 Å². The number of hydrogen-bond donors (Lipinski definition) is 2. The molecule has 2 saturated heterocycles. The molecule has 0 radical (unpaired) electrons. The lowest BCUT2D eigenvalue weighted by atomic mass is 9.95. The van der Waals surface area contributed by atoms with Gasteiger partial charge in [0.15, 0.2) is 10.8 Å². The van der Waals surface area contributed by atoms with Crippen molar-refractivity contribution in [2.45, 2.75) is 38.4 Å². The van der Waals surface area contributed by atoms with Gasteiger partial charge in [0.25, 0.3) is 0 Å². The molecule has 2 atom stereocenters. The second kappa shape index (κ2) is 11.4. The molecule has 0 saturated carbocycles. The fraction of sp³-hybridized carbons (Fsp3) is 0.444. The van der Waals surface area contributed by atoms with Crippen LogP contribution >= 0.6 is 22.9 Å². The zero-order valence-electron chi connectivity index (χ0n) is 22.8. The first kappa shape index (κ1) is 29.0. The molecular formula is C27H30ClFN6O5S. The van der Waals surface area contributed by atoms with Crippen molar-refractivity contribution in [2.24, 2.45) is 4.99 Å². The maximum atomic E-state index is 13.9. The van der Waals surface area contributed by atoms with E-state index in [4.69, 9.17) is 21.3 Å². The van der Waals surface area contributed by atoms with E-state index >= 15 is 0 Å². The van der Waals surface area contributed by atoms with Crippen LogP contribution in [0.4, 0.5) is 9.18 Å². The number of fused-ring (bicyclic) bond motifs is 1. The highest BCUT2D eigenvalue weighted by atomic mass is 35.5. The summed E-state index contributed by atoms with van der Waals surface area (Å²) in [4.78, 5) is 52.6. The van der Waals surface area contributed by atoms with Crippen LogP contribution in [0, 0.1) is 5.82 Å². The molecule has 2 aromatic rings. The molecule has 0 bridgehead atoms. The van der Waals surface area contributed by atoms with Crippen LogP contribution in [-0.2, 0) is 14.3 Å². The summed E-state index contributed by atoms with van der Waals surface area (Å²) in [7, 11) is 0. The first-order valence-corrected chi connectivity index (χ1v) is 14.4. The largest absolute Gasteiger partial charge is 0.480 e. The van der Waals surface area contributed by atoms with Crippen LogP contribution in [0.25, 0.3) is 0 Å². The number of hydrogen-bond acceptors (Lipinski definition) is 9. The predicted molar refractivity (Wildman–Crippen MR) is 150 cm³/mol. The van der Waals surface area contributed by atoms with Crippen LogP contribution in [0.3, 0.4) is 0 Å². The number of benzene rings is 1. The fourth-order valence-corrected chi connectivity index (χ4v) is 6.15. The molecule has 4 heterocycles. The molecule has 0 spiro atoms. The van der Waals surface area contributed by atoms with E-state index in [1.54, 1.807) is 18.0 Å². The van der Waals surface area contributed by atoms with E-state index in [0.29, 0.717) is 41.7 Å². The van der Waals surface area contributed by atoms with E-state index in [2.05, 4.69) is 15.2 Å². The smallest absolute Gasteiger partial charge is 0.338 e. The summed E-state index contributed by atoms with van der Waals surface area (Å²) >= 11 is 7.83. The summed E-state index contributed by atoms with van der Waals surface area (Å²) in [5, 5.41) is 15.5. The lowest BCUT2D eigenvalue weighted by Gasteiger charge is -2.38. The van der Waals surface area contributed by atoms with Crippen molar-refractivity contribution in [3.63, 3.8) is 0 Å². The number of rotatable bonds is 8. The van der Waals surface area contributed by atoms with Crippen molar-refractivity contribution in [2.75, 3.05) is 39.3 Å². The number of thiazole rings is 1. The number of aliphatic carboxylic acids is 1. The Bertz CT molecular complexity index is 1430. The molecule has 0 unspecified atom stereocenters. The third-order valence-corrected chi connectivity index (χ3v) is 8.64. The van der Waals surface area contributed by atoms with Crippen molar-refractivity contribution in [1.29, 1.82) is 0 Å². The topological polar surface area (TPSA) is 128 Å². The number of nitrogens with one attached hydrogen (secondary N) is 1. The third kappa shape index (κ3) is 5.53. The minimum Gasteiger partial charge on any atom is -0.480 e. The molecule has 5 rings (SSSR count). The number of aromatic nitrogens is 1. The number of halogens is 2. The maximum absolute atomic E-state index is 13.9. The lowest BCUT2D eigenvalue weighted by Crippen LogP contribution is -2.54. The van der Waals surface area contributed by atoms with Gasteiger partial charge in [0.1, 0.15) is 17.4 Å². The van der Waals surface area contributed by atoms with Crippen molar-refractivity contribution < 1.29 is 28.6 Å². The first-order valence-electron chi connectivity index (χ1n) is 13.1. The number of carbonyl (C=O) groups is 3. The average Bonchev–Trinajstić information content (AvgIpc) is 3.57. The standard InChI is InChI=1S/C27H30ClFN6O5S/c1-4-40-24(36)20-19(14-33-8-9-34-16(12-33)13-35(26(34)39)27(2,3)25(37)38)31-22(23-30-7-10-41-23)32-21(20)17-6-5-15(29)11-18(17)28/h5-7,10-11,16,21H,4,8-9,12-14H2,1-3H3,(H,31,32)(H,37,38)/t16-,21-/m0/s1. The van der Waals surface area contributed by atoms with Gasteiger partial charge >= 0.3 is 18.0 Å². The molecule has 3 aliphatic heterocycles. The molecule has 2 amide bonds. The lowest BCUT2D eigenvalue weighted by molar-refractivity contribution is -0.147. The van der Waals surface area contributed by atoms with Crippen LogP contribution in [0.5, 0.6) is 0 Å². The van der Waals surface area contributed by atoms with Gasteiger partial charge in [-0.3, -0.25) is 9.89 Å². The molecule has 1 aromatic carbocycles. The number of carboxylic acid groups (broad SMARTS) is 1. The van der Waals surface area contributed by atoms with Crippen molar-refractivity contribution in [1.82, 2.24) is 25.0 Å². The molecular weight excluding hydrogens is 575 g/mol. The van der Waals surface area contributed by atoms with Gasteiger partial charge in [-0.25, -0.2) is 23.8 Å². The SMILES string of the molecule is CCOC(=O)C1=C(CN2CCN3C(=O)N(C(C)(C)C(=O)O)C[C@@H]3C2)NC(c2nccs2)=N[C@H]1c1ccc(F)cc1Cl. The Hall–Kier alpha value is -3.55. The second-order valence-electron chi connectivity index (χ2n) is 10.5. The number of carbonyl (C=O) groups excluding carboxylic acids is 2. The average molecular weight is 605 g/mol. The molecule has 11 nitrogen and oxygen atoms in total. The van der Waals surface area contributed by atoms with Crippen molar-refractivity contribution in [3.8, 4) is 0 Å². The fourth-order valence-electron chi connectivity index (χ4n) is 5.29. The van der Waals surface area contributed by atoms with E-state index in [0.717, 1.165) is 0 Å². The van der Waals surface area contributed by atoms with Gasteiger partial charge < -0.3 is 25.0 Å². The Labute approximate surface area is 245 Å². The Morgan fingerprint density at radius 1 is 1.29 bits per heavy atom. The number of amides is 2. The number of urea groups is 1. The zero-order chi connectivity index (χ0) is 29.5. The number of aliphatic imine (C=N–C) groups is 1. The summed E-state index contributed by atoms with van der Waals surface area (Å²) in [6.45, 7) is 6.80. The number of piperazine rings is 1. The molecule has 0 aliphatic carbocycles. The number of ether oxygens (including phenoxy) is 1. The summed E-state index contributed by atoms with van der Waals surface area (Å²) in [6, 6.07) is 2.56. The highest BCUT2D eigenvalue weighted by Crippen LogP contribution is 2.37. The van der Waals surface area contributed by atoms with E-state index < -0.39 is 29.3 Å². The van der Waals surface area contributed by atoms with Gasteiger partial charge in [0, 0.05) is 60.6 Å². The van der Waals surface area contributed by atoms with Gasteiger partial charge in [-0.05, 0) is 32.9 Å². The Balaban J connectivity index is 1.48. The Morgan fingerprint density at radius 2 is 2.07 bits per heavy atom. The quantitative estimate of drug-likeness (QED) is 0.440. The van der Waals surface area contributed by atoms with E-state index in [9.17, 15) is 23.9 Å². The van der Waals surface area contributed by atoms with E-state index in [1.165, 1.54) is 48.3 Å². The summed E-state index contributed by atoms with van der Waals surface area (Å²) in [5.41, 5.74) is -0.111. The minimum absolute atomic E-state index is 0.125. The molecule has 2 fully saturated rings. The highest BCUT2D eigenvalue weighted by Gasteiger charge is 2.49. The zero-order valence-corrected chi connectivity index (χ0v) is 24.3. The van der Waals surface area contributed by atoms with Crippen LogP contribution in [0.15, 0.2) is 46.0 Å². The van der Waals surface area contributed by atoms with E-state index in [1.807, 2.05) is 5.38 Å². The summed E-state index contributed by atoms with van der Waals surface area (Å²) in [5.74, 6) is -1.72. The molecule has 2 N–H and O–H groups in total. The van der Waals surface area contributed by atoms with Crippen molar-refractivity contribution >= 4 is 46.7 Å². The number of carboxylic acids is 1. The molecule has 3 aliphatic rings. The van der Waals surface area contributed by atoms with Gasteiger partial charge in [-0.15, -0.1) is 11.3 Å². The van der Waals surface area contributed by atoms with Gasteiger partial charge in [0.05, 0.1) is 18.2 Å². The third-order valence-electron chi connectivity index (χ3n) is 7.53. The van der Waals surface area contributed by atoms with E-state index in [-0.39, 0.29) is 42.4 Å². The molecule has 14 heteroatoms. The van der Waals surface area contributed by atoms with Gasteiger partial charge in [0.2, 0.25) is 0 Å².